The average Bonchev–Trinajstić information content (AvgIpc) is 3.97. The smallest absolute Gasteiger partial charge is 0.251 e. The normalized spacial score (nSPS) is 20.5. The Balaban J connectivity index is 1.26. The molecule has 7 rings (SSSR count). The number of halogens is 2. The topological polar surface area (TPSA) is 141 Å². The number of fused-ring (bicyclic) bond motifs is 2. The number of nitrogens with zero attached hydrogens (tertiary/aromatic N) is 3. The summed E-state index contributed by atoms with van der Waals surface area (Å²) in [6.07, 6.45) is 3.49. The van der Waals surface area contributed by atoms with Crippen molar-refractivity contribution in [3.05, 3.63) is 76.9 Å². The Kier molecular flexibility index (Phi) is 6.58. The number of alkyl halides is 1. The van der Waals surface area contributed by atoms with Gasteiger partial charge in [-0.1, -0.05) is 0 Å². The molecular weight excluding hydrogens is 572 g/mol. The Morgan fingerprint density at radius 1 is 1.18 bits per heavy atom. The molecular formula is C32H31F2N5O5. The zero-order valence-corrected chi connectivity index (χ0v) is 24.0. The van der Waals surface area contributed by atoms with E-state index < -0.39 is 35.3 Å². The molecule has 44 heavy (non-hydrogen) atoms. The van der Waals surface area contributed by atoms with Crippen molar-refractivity contribution in [1.29, 1.82) is 0 Å². The number of rotatable bonds is 10. The molecule has 1 aliphatic heterocycles. The van der Waals surface area contributed by atoms with E-state index in [0.717, 1.165) is 18.5 Å². The van der Waals surface area contributed by atoms with E-state index in [1.165, 1.54) is 37.4 Å². The molecule has 1 aromatic carbocycles. The molecule has 228 valence electrons. The predicted octanol–water partition coefficient (Wildman–Crippen LogP) is 3.53. The van der Waals surface area contributed by atoms with Crippen LogP contribution in [0.3, 0.4) is 0 Å². The number of aromatic nitrogens is 3. The van der Waals surface area contributed by atoms with E-state index in [-0.39, 0.29) is 41.8 Å². The number of primary amides is 1. The van der Waals surface area contributed by atoms with Crippen LogP contribution < -0.4 is 20.5 Å². The summed E-state index contributed by atoms with van der Waals surface area (Å²) < 4.78 is 41.3. The van der Waals surface area contributed by atoms with Crippen LogP contribution in [-0.4, -0.2) is 58.5 Å². The number of methoxy groups -OCH3 is 1. The van der Waals surface area contributed by atoms with Gasteiger partial charge in [-0.3, -0.25) is 9.59 Å². The quantitative estimate of drug-likeness (QED) is 0.252. The molecule has 2 amide bonds. The van der Waals surface area contributed by atoms with Crippen molar-refractivity contribution in [1.82, 2.24) is 19.9 Å². The largest absolute Gasteiger partial charge is 0.489 e. The highest BCUT2D eigenvalue weighted by Gasteiger charge is 2.52. The molecule has 2 saturated carbocycles. The predicted molar refractivity (Wildman–Crippen MR) is 155 cm³/mol. The molecule has 2 atom stereocenters. The Morgan fingerprint density at radius 3 is 2.57 bits per heavy atom. The van der Waals surface area contributed by atoms with Gasteiger partial charge >= 0.3 is 0 Å². The Labute approximate surface area is 251 Å². The number of carbonyl (C=O) groups is 2. The van der Waals surface area contributed by atoms with Crippen LogP contribution in [0.15, 0.2) is 48.5 Å². The van der Waals surface area contributed by atoms with E-state index in [1.807, 2.05) is 6.07 Å². The van der Waals surface area contributed by atoms with E-state index in [4.69, 9.17) is 20.2 Å². The van der Waals surface area contributed by atoms with Gasteiger partial charge in [0.25, 0.3) is 5.91 Å². The van der Waals surface area contributed by atoms with Crippen LogP contribution in [0.1, 0.15) is 58.9 Å². The summed E-state index contributed by atoms with van der Waals surface area (Å²) in [5.41, 5.74) is 5.14. The highest BCUT2D eigenvalue weighted by molar-refractivity contribution is 5.96. The molecule has 4 N–H and O–H groups in total. The van der Waals surface area contributed by atoms with Crippen LogP contribution >= 0.6 is 0 Å². The molecule has 2 fully saturated rings. The lowest BCUT2D eigenvalue weighted by Crippen LogP contribution is -2.46. The maximum atomic E-state index is 14.5. The van der Waals surface area contributed by atoms with Crippen molar-refractivity contribution < 1.29 is 33.0 Å². The molecule has 4 aromatic rings. The maximum Gasteiger partial charge on any atom is 0.251 e. The molecule has 12 heteroatoms. The lowest BCUT2D eigenvalue weighted by Gasteiger charge is -2.30. The monoisotopic (exact) mass is 603 g/mol. The van der Waals surface area contributed by atoms with E-state index in [9.17, 15) is 23.5 Å². The van der Waals surface area contributed by atoms with Crippen molar-refractivity contribution in [2.24, 2.45) is 11.7 Å². The molecule has 0 saturated heterocycles. The van der Waals surface area contributed by atoms with Gasteiger partial charge in [0.05, 0.1) is 30.6 Å². The minimum Gasteiger partial charge on any atom is -0.489 e. The highest BCUT2D eigenvalue weighted by atomic mass is 19.1. The number of aliphatic hydroxyl groups is 1. The Hall–Kier alpha value is -4.58. The van der Waals surface area contributed by atoms with E-state index in [2.05, 4.69) is 10.4 Å². The van der Waals surface area contributed by atoms with E-state index in [1.54, 1.807) is 16.6 Å². The average molecular weight is 604 g/mol. The second kappa shape index (κ2) is 10.3. The number of ether oxygens (including phenoxy) is 2. The zero-order valence-electron chi connectivity index (χ0n) is 24.0. The van der Waals surface area contributed by atoms with Crippen molar-refractivity contribution in [2.75, 3.05) is 26.9 Å². The van der Waals surface area contributed by atoms with Gasteiger partial charge in [0.1, 0.15) is 41.6 Å². The first-order valence-corrected chi connectivity index (χ1v) is 14.6. The summed E-state index contributed by atoms with van der Waals surface area (Å²) >= 11 is 0. The molecule has 4 heterocycles. The van der Waals surface area contributed by atoms with Crippen molar-refractivity contribution >= 4 is 17.3 Å². The number of pyridine rings is 2. The molecule has 3 aliphatic rings. The van der Waals surface area contributed by atoms with Crippen LogP contribution in [0, 0.1) is 11.7 Å². The third kappa shape index (κ3) is 4.55. The zero-order chi connectivity index (χ0) is 30.8. The molecule has 10 nitrogen and oxygen atoms in total. The van der Waals surface area contributed by atoms with Crippen LogP contribution in [-0.2, 0) is 15.8 Å². The summed E-state index contributed by atoms with van der Waals surface area (Å²) in [4.78, 5) is 30.8. The summed E-state index contributed by atoms with van der Waals surface area (Å²) in [7, 11) is 1.51. The minimum absolute atomic E-state index is 0.126. The van der Waals surface area contributed by atoms with Gasteiger partial charge in [0.15, 0.2) is 0 Å². The Bertz CT molecular complexity index is 1800. The number of nitrogens with one attached hydrogen (secondary N) is 1. The molecule has 0 radical (unpaired) electrons. The first-order valence-electron chi connectivity index (χ1n) is 14.6. The second-order valence-electron chi connectivity index (χ2n) is 12.0. The third-order valence-electron chi connectivity index (χ3n) is 9.00. The summed E-state index contributed by atoms with van der Waals surface area (Å²) in [5.74, 6) is -1.14. The lowest BCUT2D eigenvalue weighted by molar-refractivity contribution is -0.124. The lowest BCUT2D eigenvalue weighted by atomic mass is 9.80. The number of hydrogen-bond acceptors (Lipinski definition) is 7. The number of nitrogens with two attached hydrogens (primary N) is 1. The third-order valence-corrected chi connectivity index (χ3v) is 9.00. The minimum atomic E-state index is -1.79. The first kappa shape index (κ1) is 28.2. The van der Waals surface area contributed by atoms with Gasteiger partial charge in [-0.25, -0.2) is 18.3 Å². The second-order valence-corrected chi connectivity index (χ2v) is 12.0. The van der Waals surface area contributed by atoms with Gasteiger partial charge in [0.2, 0.25) is 11.8 Å². The summed E-state index contributed by atoms with van der Waals surface area (Å²) in [6.45, 7) is -1.68. The Morgan fingerprint density at radius 2 is 1.93 bits per heavy atom. The first-order chi connectivity index (χ1) is 21.2. The fourth-order valence-corrected chi connectivity index (χ4v) is 5.98. The molecule has 0 unspecified atom stereocenters. The number of benzene rings is 1. The van der Waals surface area contributed by atoms with Gasteiger partial charge in [-0.15, -0.1) is 0 Å². The highest BCUT2D eigenvalue weighted by Crippen LogP contribution is 2.50. The fraction of sp³-hybridized carbons (Fsp3) is 0.375. The van der Waals surface area contributed by atoms with Gasteiger partial charge < -0.3 is 25.6 Å². The summed E-state index contributed by atoms with van der Waals surface area (Å²) in [5, 5.41) is 19.6. The number of hydrogen-bond donors (Lipinski definition) is 3. The SMILES string of the molecule is COc1cc(C(=O)NC[C@](O)(c2cc3c(c(-c4ccc(F)cc4)n2)OC[C@@]3(CF)C(N)=O)C2CC2)cc2cc(C3CC3)nn12. The van der Waals surface area contributed by atoms with E-state index in [0.29, 0.717) is 41.3 Å². The maximum absolute atomic E-state index is 14.5. The molecule has 0 bridgehead atoms. The van der Waals surface area contributed by atoms with Crippen LogP contribution in [0.25, 0.3) is 16.8 Å². The fourth-order valence-electron chi connectivity index (χ4n) is 5.98. The number of amides is 2. The van der Waals surface area contributed by atoms with Gasteiger partial charge in [-0.05, 0) is 74.1 Å². The van der Waals surface area contributed by atoms with Crippen LogP contribution in [0.2, 0.25) is 0 Å². The van der Waals surface area contributed by atoms with Gasteiger partial charge in [-0.2, -0.15) is 5.10 Å². The summed E-state index contributed by atoms with van der Waals surface area (Å²) in [6, 6.07) is 12.2. The molecule has 3 aromatic heterocycles. The van der Waals surface area contributed by atoms with Crippen molar-refractivity contribution in [3.63, 3.8) is 0 Å². The van der Waals surface area contributed by atoms with Crippen molar-refractivity contribution in [2.45, 2.75) is 42.6 Å². The molecule has 2 aliphatic carbocycles. The van der Waals surface area contributed by atoms with Crippen molar-refractivity contribution in [3.8, 4) is 22.9 Å². The van der Waals surface area contributed by atoms with Gasteiger partial charge in [0, 0.05) is 28.7 Å². The standard InChI is InChI=1S/C32H31F2N5O5/c1-43-26-11-19(10-22-12-24(17-2-3-17)38-39(22)26)29(40)36-15-32(42,20-6-7-20)25-13-23-28(44-16-31(23,14-33)30(35)41)27(37-25)18-4-8-21(34)9-5-18/h4-5,8-13,17,20,42H,2-3,6-7,14-16H2,1H3,(H2,35,41)(H,36,40)/t31-,32-/m1/s1. The number of carbonyl (C=O) groups excluding carboxylic acids is 2. The molecule has 0 spiro atoms. The van der Waals surface area contributed by atoms with E-state index >= 15 is 0 Å². The van der Waals surface area contributed by atoms with Crippen LogP contribution in [0.5, 0.6) is 11.6 Å². The van der Waals surface area contributed by atoms with Crippen LogP contribution in [0.4, 0.5) is 8.78 Å².